The average molecular weight is 300 g/mol. The number of phenols is 1. The first-order valence-electron chi connectivity index (χ1n) is 5.22. The van der Waals surface area contributed by atoms with Gasteiger partial charge in [0.25, 0.3) is 5.91 Å². The molecule has 0 bridgehead atoms. The van der Waals surface area contributed by atoms with Crippen LogP contribution in [0.2, 0.25) is 10.0 Å². The van der Waals surface area contributed by atoms with Gasteiger partial charge in [0.05, 0.1) is 10.6 Å². The standard InChI is InChI=1S/C13H8Cl2FNO2/c14-7-1-3-9(10(15)5-7)13(19)17-8-2-4-12(18)11(16)6-8/h1-6,18H,(H,17,19). The highest BCUT2D eigenvalue weighted by Crippen LogP contribution is 2.23. The minimum Gasteiger partial charge on any atom is -0.505 e. The number of benzene rings is 2. The fraction of sp³-hybridized carbons (Fsp3) is 0. The Morgan fingerprint density at radius 2 is 1.89 bits per heavy atom. The molecule has 19 heavy (non-hydrogen) atoms. The number of carbonyl (C=O) groups is 1. The van der Waals surface area contributed by atoms with E-state index in [1.807, 2.05) is 0 Å². The highest BCUT2D eigenvalue weighted by atomic mass is 35.5. The van der Waals surface area contributed by atoms with Gasteiger partial charge in [0.2, 0.25) is 0 Å². The maximum atomic E-state index is 13.1. The van der Waals surface area contributed by atoms with Crippen LogP contribution in [0.5, 0.6) is 5.75 Å². The summed E-state index contributed by atoms with van der Waals surface area (Å²) in [7, 11) is 0. The Bertz CT molecular complexity index is 647. The molecule has 98 valence electrons. The summed E-state index contributed by atoms with van der Waals surface area (Å²) in [6, 6.07) is 7.97. The summed E-state index contributed by atoms with van der Waals surface area (Å²) in [5.74, 6) is -1.80. The molecule has 0 atom stereocenters. The van der Waals surface area contributed by atoms with Crippen molar-refractivity contribution in [1.82, 2.24) is 0 Å². The second-order valence-electron chi connectivity index (χ2n) is 3.74. The van der Waals surface area contributed by atoms with Gasteiger partial charge in [0.1, 0.15) is 0 Å². The van der Waals surface area contributed by atoms with E-state index in [9.17, 15) is 9.18 Å². The van der Waals surface area contributed by atoms with E-state index in [-0.39, 0.29) is 16.3 Å². The third-order valence-electron chi connectivity index (χ3n) is 2.38. The summed E-state index contributed by atoms with van der Waals surface area (Å²) in [4.78, 5) is 11.9. The molecule has 0 saturated heterocycles. The van der Waals surface area contributed by atoms with Gasteiger partial charge in [-0.25, -0.2) is 4.39 Å². The molecule has 0 aliphatic carbocycles. The Hall–Kier alpha value is -1.78. The van der Waals surface area contributed by atoms with E-state index in [4.69, 9.17) is 28.3 Å². The molecule has 2 rings (SSSR count). The van der Waals surface area contributed by atoms with Gasteiger partial charge in [-0.1, -0.05) is 23.2 Å². The number of amides is 1. The highest BCUT2D eigenvalue weighted by molar-refractivity contribution is 6.37. The Morgan fingerprint density at radius 3 is 2.53 bits per heavy atom. The number of phenolic OH excluding ortho intramolecular Hbond substituents is 1. The molecule has 0 aliphatic rings. The lowest BCUT2D eigenvalue weighted by Crippen LogP contribution is -2.12. The zero-order valence-electron chi connectivity index (χ0n) is 9.45. The molecule has 0 unspecified atom stereocenters. The maximum Gasteiger partial charge on any atom is 0.257 e. The molecule has 0 radical (unpaired) electrons. The van der Waals surface area contributed by atoms with Crippen LogP contribution in [-0.2, 0) is 0 Å². The molecule has 0 fully saturated rings. The van der Waals surface area contributed by atoms with Crippen molar-refractivity contribution < 1.29 is 14.3 Å². The molecule has 0 spiro atoms. The molecular weight excluding hydrogens is 292 g/mol. The predicted octanol–water partition coefficient (Wildman–Crippen LogP) is 4.09. The summed E-state index contributed by atoms with van der Waals surface area (Å²) in [6.45, 7) is 0. The maximum absolute atomic E-state index is 13.1. The van der Waals surface area contributed by atoms with Crippen molar-refractivity contribution in [2.75, 3.05) is 5.32 Å². The van der Waals surface area contributed by atoms with Crippen LogP contribution < -0.4 is 5.32 Å². The van der Waals surface area contributed by atoms with Crippen molar-refractivity contribution in [3.63, 3.8) is 0 Å². The molecule has 2 N–H and O–H groups in total. The van der Waals surface area contributed by atoms with Crippen molar-refractivity contribution in [2.24, 2.45) is 0 Å². The number of nitrogens with one attached hydrogen (secondary N) is 1. The summed E-state index contributed by atoms with van der Waals surface area (Å²) in [6.07, 6.45) is 0. The van der Waals surface area contributed by atoms with E-state index in [2.05, 4.69) is 5.32 Å². The summed E-state index contributed by atoms with van der Waals surface area (Å²) < 4.78 is 13.1. The first kappa shape index (κ1) is 13.6. The van der Waals surface area contributed by atoms with Gasteiger partial charge in [-0.05, 0) is 30.3 Å². The Balaban J connectivity index is 2.23. The van der Waals surface area contributed by atoms with Crippen LogP contribution in [0.4, 0.5) is 10.1 Å². The summed E-state index contributed by atoms with van der Waals surface area (Å²) >= 11 is 11.6. The van der Waals surface area contributed by atoms with Crippen LogP contribution >= 0.6 is 23.2 Å². The lowest BCUT2D eigenvalue weighted by molar-refractivity contribution is 0.102. The molecule has 0 aromatic heterocycles. The van der Waals surface area contributed by atoms with Gasteiger partial charge in [0, 0.05) is 16.8 Å². The third kappa shape index (κ3) is 3.16. The zero-order valence-corrected chi connectivity index (χ0v) is 11.0. The quantitative estimate of drug-likeness (QED) is 0.821. The largest absolute Gasteiger partial charge is 0.505 e. The fourth-order valence-corrected chi connectivity index (χ4v) is 1.95. The number of hydrogen-bond acceptors (Lipinski definition) is 2. The fourth-order valence-electron chi connectivity index (χ4n) is 1.46. The van der Waals surface area contributed by atoms with Gasteiger partial charge in [-0.15, -0.1) is 0 Å². The van der Waals surface area contributed by atoms with Crippen molar-refractivity contribution in [3.05, 3.63) is 57.8 Å². The lowest BCUT2D eigenvalue weighted by Gasteiger charge is -2.07. The normalized spacial score (nSPS) is 10.3. The number of rotatable bonds is 2. The van der Waals surface area contributed by atoms with E-state index in [0.717, 1.165) is 12.1 Å². The number of aromatic hydroxyl groups is 1. The summed E-state index contributed by atoms with van der Waals surface area (Å²) in [5, 5.41) is 12.1. The van der Waals surface area contributed by atoms with E-state index >= 15 is 0 Å². The number of carbonyl (C=O) groups excluding carboxylic acids is 1. The van der Waals surface area contributed by atoms with Gasteiger partial charge >= 0.3 is 0 Å². The monoisotopic (exact) mass is 299 g/mol. The van der Waals surface area contributed by atoms with Gasteiger partial charge in [-0.2, -0.15) is 0 Å². The molecule has 2 aromatic rings. The first-order valence-corrected chi connectivity index (χ1v) is 5.98. The summed E-state index contributed by atoms with van der Waals surface area (Å²) in [5.41, 5.74) is 0.436. The number of halogens is 3. The Morgan fingerprint density at radius 1 is 1.16 bits per heavy atom. The van der Waals surface area contributed by atoms with Gasteiger partial charge < -0.3 is 10.4 Å². The molecule has 0 aliphatic heterocycles. The zero-order chi connectivity index (χ0) is 14.0. The van der Waals surface area contributed by atoms with Crippen LogP contribution in [0.1, 0.15) is 10.4 Å². The lowest BCUT2D eigenvalue weighted by atomic mass is 10.2. The molecule has 0 heterocycles. The van der Waals surface area contributed by atoms with E-state index in [1.165, 1.54) is 24.3 Å². The molecule has 6 heteroatoms. The van der Waals surface area contributed by atoms with E-state index in [0.29, 0.717) is 5.02 Å². The highest BCUT2D eigenvalue weighted by Gasteiger charge is 2.12. The van der Waals surface area contributed by atoms with E-state index in [1.54, 1.807) is 0 Å². The van der Waals surface area contributed by atoms with Crippen molar-refractivity contribution >= 4 is 34.8 Å². The van der Waals surface area contributed by atoms with Crippen molar-refractivity contribution in [2.45, 2.75) is 0 Å². The SMILES string of the molecule is O=C(Nc1ccc(O)c(F)c1)c1ccc(Cl)cc1Cl. The predicted molar refractivity (Wildman–Crippen MR) is 72.5 cm³/mol. The molecule has 1 amide bonds. The minimum atomic E-state index is -0.819. The minimum absolute atomic E-state index is 0.198. The topological polar surface area (TPSA) is 49.3 Å². The Kier molecular flexibility index (Phi) is 3.93. The van der Waals surface area contributed by atoms with Crippen molar-refractivity contribution in [1.29, 1.82) is 0 Å². The smallest absolute Gasteiger partial charge is 0.257 e. The third-order valence-corrected chi connectivity index (χ3v) is 2.93. The van der Waals surface area contributed by atoms with Crippen LogP contribution in [0.25, 0.3) is 0 Å². The van der Waals surface area contributed by atoms with Crippen molar-refractivity contribution in [3.8, 4) is 5.75 Å². The molecule has 3 nitrogen and oxygen atoms in total. The van der Waals surface area contributed by atoms with Gasteiger partial charge in [-0.3, -0.25) is 4.79 Å². The number of anilines is 1. The molecule has 2 aromatic carbocycles. The second-order valence-corrected chi connectivity index (χ2v) is 4.59. The molecular formula is C13H8Cl2FNO2. The first-order chi connectivity index (χ1) is 8.97. The van der Waals surface area contributed by atoms with Crippen LogP contribution in [0, 0.1) is 5.82 Å². The van der Waals surface area contributed by atoms with Crippen LogP contribution in [-0.4, -0.2) is 11.0 Å². The van der Waals surface area contributed by atoms with Gasteiger partial charge in [0.15, 0.2) is 11.6 Å². The van der Waals surface area contributed by atoms with E-state index < -0.39 is 17.5 Å². The second kappa shape index (κ2) is 5.47. The Labute approximate surface area is 118 Å². The number of hydrogen-bond donors (Lipinski definition) is 2. The van der Waals surface area contributed by atoms with Crippen LogP contribution in [0.15, 0.2) is 36.4 Å². The molecule has 0 saturated carbocycles. The van der Waals surface area contributed by atoms with Crippen LogP contribution in [0.3, 0.4) is 0 Å². The average Bonchev–Trinajstić information content (AvgIpc) is 2.33.